The number of carboxylic acids is 1. The molecule has 0 saturated carbocycles. The van der Waals surface area contributed by atoms with Crippen LogP contribution in [0.1, 0.15) is 33.9 Å². The van der Waals surface area contributed by atoms with Crippen LogP contribution >= 0.6 is 12.2 Å². The molecule has 1 saturated heterocycles. The predicted molar refractivity (Wildman–Crippen MR) is 139 cm³/mol. The van der Waals surface area contributed by atoms with Crippen LogP contribution in [0.25, 0.3) is 11.3 Å². The van der Waals surface area contributed by atoms with Gasteiger partial charge in [-0.05, 0) is 54.7 Å². The minimum Gasteiger partial charge on any atom is -0.497 e. The molecule has 0 bridgehead atoms. The van der Waals surface area contributed by atoms with E-state index in [1.54, 1.807) is 56.8 Å². The summed E-state index contributed by atoms with van der Waals surface area (Å²) >= 11 is 5.78. The van der Waals surface area contributed by atoms with Crippen molar-refractivity contribution in [2.45, 2.75) is 12.1 Å². The molecule has 0 aliphatic carbocycles. The first-order valence-electron chi connectivity index (χ1n) is 11.2. The molecule has 2 aromatic heterocycles. The molecule has 0 unspecified atom stereocenters. The number of nitrogens with zero attached hydrogens (tertiary/aromatic N) is 2. The fourth-order valence-corrected chi connectivity index (χ4v) is 4.77. The lowest BCUT2D eigenvalue weighted by Gasteiger charge is -2.27. The molecular weight excluding hydrogens is 478 g/mol. The molecule has 0 radical (unpaired) electrons. The molecule has 2 aromatic carbocycles. The quantitative estimate of drug-likeness (QED) is 0.330. The maximum Gasteiger partial charge on any atom is 0.336 e. The van der Waals surface area contributed by atoms with Crippen LogP contribution in [0.4, 0.5) is 5.69 Å². The Morgan fingerprint density at radius 1 is 1.06 bits per heavy atom. The largest absolute Gasteiger partial charge is 0.497 e. The van der Waals surface area contributed by atoms with E-state index in [0.717, 1.165) is 11.4 Å². The lowest BCUT2D eigenvalue weighted by molar-refractivity contribution is 0.0697. The third kappa shape index (κ3) is 4.14. The number of thiocarbonyl (C=S) groups is 1. The van der Waals surface area contributed by atoms with Crippen LogP contribution < -0.4 is 19.7 Å². The van der Waals surface area contributed by atoms with E-state index in [0.29, 0.717) is 33.7 Å². The predicted octanol–water partition coefficient (Wildman–Crippen LogP) is 5.23. The number of aromatic nitrogens is 1. The number of aromatic carboxylic acids is 1. The van der Waals surface area contributed by atoms with E-state index >= 15 is 0 Å². The van der Waals surface area contributed by atoms with Crippen molar-refractivity contribution in [3.8, 4) is 22.8 Å². The van der Waals surface area contributed by atoms with Crippen LogP contribution in [0.15, 0.2) is 83.4 Å². The second-order valence-corrected chi connectivity index (χ2v) is 8.47. The summed E-state index contributed by atoms with van der Waals surface area (Å²) in [6, 6.07) is 20.8. The van der Waals surface area contributed by atoms with Crippen LogP contribution in [0.2, 0.25) is 0 Å². The number of rotatable bonds is 7. The van der Waals surface area contributed by atoms with Crippen LogP contribution in [0.5, 0.6) is 11.5 Å². The van der Waals surface area contributed by atoms with Crippen molar-refractivity contribution in [3.05, 3.63) is 96.0 Å². The Kier molecular flexibility index (Phi) is 6.30. The van der Waals surface area contributed by atoms with Crippen molar-refractivity contribution in [2.75, 3.05) is 19.1 Å². The summed E-state index contributed by atoms with van der Waals surface area (Å²) in [6.07, 6.45) is 1.73. The molecular formula is C27H23N3O5S. The lowest BCUT2D eigenvalue weighted by Crippen LogP contribution is -2.29. The van der Waals surface area contributed by atoms with Gasteiger partial charge in [-0.25, -0.2) is 4.79 Å². The van der Waals surface area contributed by atoms with Gasteiger partial charge in [0, 0.05) is 17.8 Å². The number of carbonyl (C=O) groups is 1. The summed E-state index contributed by atoms with van der Waals surface area (Å²) in [5, 5.41) is 13.5. The van der Waals surface area contributed by atoms with Gasteiger partial charge in [-0.2, -0.15) is 0 Å². The molecule has 0 spiro atoms. The fourth-order valence-electron chi connectivity index (χ4n) is 4.43. The SMILES string of the molecule is COc1ccc(N2C(=S)N[C@@H](c3ccccn3)[C@H]2c2ccc(-c3ccccc3C(=O)O)o2)c(OC)c1. The van der Waals surface area contributed by atoms with Gasteiger partial charge in [-0.15, -0.1) is 0 Å². The number of hydrogen-bond acceptors (Lipinski definition) is 6. The normalized spacial score (nSPS) is 17.1. The number of ether oxygens (including phenoxy) is 2. The number of nitrogens with one attached hydrogen (secondary N) is 1. The topological polar surface area (TPSA) is 97.1 Å². The Morgan fingerprint density at radius 2 is 1.86 bits per heavy atom. The summed E-state index contributed by atoms with van der Waals surface area (Å²) < 4.78 is 17.3. The molecule has 9 heteroatoms. The minimum atomic E-state index is -1.02. The third-order valence-electron chi connectivity index (χ3n) is 6.09. The molecule has 1 aliphatic heterocycles. The van der Waals surface area contributed by atoms with Gasteiger partial charge in [-0.1, -0.05) is 24.3 Å². The molecule has 8 nitrogen and oxygen atoms in total. The van der Waals surface area contributed by atoms with E-state index in [1.165, 1.54) is 0 Å². The van der Waals surface area contributed by atoms with Gasteiger partial charge in [0.2, 0.25) is 0 Å². The summed E-state index contributed by atoms with van der Waals surface area (Å²) in [6.45, 7) is 0. The van der Waals surface area contributed by atoms with E-state index in [4.69, 9.17) is 26.1 Å². The van der Waals surface area contributed by atoms with E-state index < -0.39 is 12.0 Å². The second kappa shape index (κ2) is 9.71. The van der Waals surface area contributed by atoms with Crippen molar-refractivity contribution >= 4 is 29.0 Å². The van der Waals surface area contributed by atoms with Gasteiger partial charge < -0.3 is 29.2 Å². The summed E-state index contributed by atoms with van der Waals surface area (Å²) in [5.74, 6) is 1.24. The maximum atomic E-state index is 11.8. The standard InChI is InChI=1S/C27H23N3O5S/c1-33-16-10-11-20(23(15-16)34-2)30-25(24(29-27(30)36)19-9-5-6-14-28-19)22-13-12-21(35-22)17-7-3-4-8-18(17)26(31)32/h3-15,24-25H,1-2H3,(H,29,36)(H,31,32)/t24-,25+/m0/s1. The summed E-state index contributed by atoms with van der Waals surface area (Å²) in [5.41, 5.74) is 2.16. The molecule has 2 N–H and O–H groups in total. The number of carboxylic acid groups (broad SMARTS) is 1. The van der Waals surface area contributed by atoms with E-state index in [2.05, 4.69) is 10.3 Å². The number of furan rings is 1. The smallest absolute Gasteiger partial charge is 0.336 e. The van der Waals surface area contributed by atoms with Gasteiger partial charge in [0.25, 0.3) is 0 Å². The molecule has 2 atom stereocenters. The highest BCUT2D eigenvalue weighted by Crippen LogP contribution is 2.46. The highest BCUT2D eigenvalue weighted by Gasteiger charge is 2.43. The Hall–Kier alpha value is -4.37. The average molecular weight is 502 g/mol. The van der Waals surface area contributed by atoms with Gasteiger partial charge in [0.15, 0.2) is 5.11 Å². The Morgan fingerprint density at radius 3 is 2.58 bits per heavy atom. The van der Waals surface area contributed by atoms with Crippen molar-refractivity contribution in [1.82, 2.24) is 10.3 Å². The molecule has 1 fully saturated rings. The van der Waals surface area contributed by atoms with E-state index in [1.807, 2.05) is 41.3 Å². The van der Waals surface area contributed by atoms with Crippen LogP contribution in [0, 0.1) is 0 Å². The second-order valence-electron chi connectivity index (χ2n) is 8.09. The van der Waals surface area contributed by atoms with Crippen molar-refractivity contribution in [1.29, 1.82) is 0 Å². The van der Waals surface area contributed by atoms with Gasteiger partial charge >= 0.3 is 5.97 Å². The van der Waals surface area contributed by atoms with Crippen LogP contribution in [-0.2, 0) is 0 Å². The molecule has 182 valence electrons. The highest BCUT2D eigenvalue weighted by atomic mass is 32.1. The Balaban J connectivity index is 1.64. The lowest BCUT2D eigenvalue weighted by atomic mass is 10.0. The zero-order chi connectivity index (χ0) is 25.2. The monoisotopic (exact) mass is 501 g/mol. The number of methoxy groups -OCH3 is 2. The Labute approximate surface area is 213 Å². The number of anilines is 1. The van der Waals surface area contributed by atoms with E-state index in [-0.39, 0.29) is 11.6 Å². The average Bonchev–Trinajstić information content (AvgIpc) is 3.53. The van der Waals surface area contributed by atoms with E-state index in [9.17, 15) is 9.90 Å². The molecule has 0 amide bonds. The van der Waals surface area contributed by atoms with Crippen molar-refractivity contribution in [3.63, 3.8) is 0 Å². The summed E-state index contributed by atoms with van der Waals surface area (Å²) in [4.78, 5) is 18.3. The van der Waals surface area contributed by atoms with Crippen LogP contribution in [0.3, 0.4) is 0 Å². The number of benzene rings is 2. The van der Waals surface area contributed by atoms with Gasteiger partial charge in [0.05, 0.1) is 37.2 Å². The zero-order valence-electron chi connectivity index (χ0n) is 19.5. The zero-order valence-corrected chi connectivity index (χ0v) is 20.4. The molecule has 36 heavy (non-hydrogen) atoms. The fraction of sp³-hybridized carbons (Fsp3) is 0.148. The third-order valence-corrected chi connectivity index (χ3v) is 6.40. The highest BCUT2D eigenvalue weighted by molar-refractivity contribution is 7.80. The maximum absolute atomic E-state index is 11.8. The van der Waals surface area contributed by atoms with Gasteiger partial charge in [-0.3, -0.25) is 4.98 Å². The first-order chi connectivity index (χ1) is 17.5. The molecule has 1 aliphatic rings. The van der Waals surface area contributed by atoms with Gasteiger partial charge in [0.1, 0.15) is 29.1 Å². The first-order valence-corrected chi connectivity index (χ1v) is 11.6. The van der Waals surface area contributed by atoms with Crippen LogP contribution in [-0.4, -0.2) is 35.4 Å². The van der Waals surface area contributed by atoms with Crippen molar-refractivity contribution in [2.24, 2.45) is 0 Å². The number of hydrogen-bond donors (Lipinski definition) is 2. The minimum absolute atomic E-state index is 0.161. The van der Waals surface area contributed by atoms with Crippen molar-refractivity contribution < 1.29 is 23.8 Å². The molecule has 3 heterocycles. The summed E-state index contributed by atoms with van der Waals surface area (Å²) in [7, 11) is 3.18. The first kappa shape index (κ1) is 23.4. The Bertz CT molecular complexity index is 1420. The molecule has 5 rings (SSSR count). The molecule has 4 aromatic rings. The number of pyridine rings is 1.